The van der Waals surface area contributed by atoms with Gasteiger partial charge in [0.15, 0.2) is 0 Å². The molecule has 2 heterocycles. The molecule has 1 fully saturated rings. The number of amides is 4. The number of carbonyl (C=O) groups excluding carboxylic acids is 3. The van der Waals surface area contributed by atoms with Crippen LogP contribution in [0.15, 0.2) is 89.1 Å². The second kappa shape index (κ2) is 18.9. The highest BCUT2D eigenvalue weighted by Crippen LogP contribution is 2.29. The van der Waals surface area contributed by atoms with Crippen molar-refractivity contribution in [2.75, 3.05) is 31.5 Å². The second-order valence-corrected chi connectivity index (χ2v) is 17.9. The number of phenolic OH excluding ortho intramolecular Hbond substituents is 1. The van der Waals surface area contributed by atoms with E-state index in [9.17, 15) is 33.0 Å². The predicted octanol–water partition coefficient (Wildman–Crippen LogP) is 5.04. The van der Waals surface area contributed by atoms with Gasteiger partial charge in [0.1, 0.15) is 11.8 Å². The van der Waals surface area contributed by atoms with Crippen LogP contribution >= 0.6 is 11.3 Å². The number of benzene rings is 3. The molecule has 4 N–H and O–H groups in total. The van der Waals surface area contributed by atoms with Crippen LogP contribution in [0.25, 0.3) is 0 Å². The van der Waals surface area contributed by atoms with Crippen LogP contribution < -0.4 is 10.6 Å². The number of phenols is 1. The van der Waals surface area contributed by atoms with Gasteiger partial charge < -0.3 is 30.6 Å². The summed E-state index contributed by atoms with van der Waals surface area (Å²) in [4.78, 5) is 48.2. The van der Waals surface area contributed by atoms with Crippen LogP contribution in [0.3, 0.4) is 0 Å². The topological polar surface area (TPSA) is 172 Å². The number of aryl methyl sites for hydroxylation is 1. The SMILES string of the molecule is Cc1nc(CN2CCN([C@H](C(=O)N[C@@H](Cc3ccccc3)[C@H](O)CN(CC(C)C)S(=O)(=O)c3ccc(O)c(NC(=O)Cc4ccccc4)c3)C(C)C)C2=O)cs1. The summed E-state index contributed by atoms with van der Waals surface area (Å²) in [6.07, 6.45) is -1.17. The van der Waals surface area contributed by atoms with E-state index < -0.39 is 40.0 Å². The largest absolute Gasteiger partial charge is 0.506 e. The van der Waals surface area contributed by atoms with Gasteiger partial charge in [0.25, 0.3) is 0 Å². The van der Waals surface area contributed by atoms with Gasteiger partial charge in [-0.25, -0.2) is 18.2 Å². The van der Waals surface area contributed by atoms with Gasteiger partial charge in [-0.15, -0.1) is 11.3 Å². The number of aromatic nitrogens is 1. The molecule has 4 amide bonds. The van der Waals surface area contributed by atoms with Crippen molar-refractivity contribution in [2.45, 2.75) is 77.1 Å². The summed E-state index contributed by atoms with van der Waals surface area (Å²) in [5, 5.41) is 30.9. The van der Waals surface area contributed by atoms with Gasteiger partial charge in [-0.3, -0.25) is 9.59 Å². The summed E-state index contributed by atoms with van der Waals surface area (Å²) in [6, 6.07) is 19.9. The van der Waals surface area contributed by atoms with Crippen LogP contribution in [-0.4, -0.2) is 99.9 Å². The van der Waals surface area contributed by atoms with Crippen LogP contribution in [-0.2, 0) is 39.0 Å². The lowest BCUT2D eigenvalue weighted by molar-refractivity contribution is -0.128. The summed E-state index contributed by atoms with van der Waals surface area (Å²) in [5.41, 5.74) is 2.28. The molecule has 1 aliphatic heterocycles. The molecule has 3 atom stereocenters. The molecular weight excluding hydrogens is 753 g/mol. The molecule has 1 saturated heterocycles. The van der Waals surface area contributed by atoms with Crippen molar-refractivity contribution >= 4 is 44.9 Å². The summed E-state index contributed by atoms with van der Waals surface area (Å²) in [6.45, 7) is 10.1. The standard InChI is InChI=1S/C41H52N6O7S2/c1-27(2)23-46(56(53,54)33-16-17-36(48)35(22-33)43-38(50)21-31-14-10-7-11-15-31)25-37(49)34(20-30-12-8-6-9-13-30)44-40(51)39(28(3)4)47-19-18-45(41(47)52)24-32-26-55-29(5)42-32/h6-17,22,26-28,34,37,39,48-49H,18-21,23-25H2,1-5H3,(H,43,50)(H,44,51)/t34-,37+,39-/m0/s1. The maximum absolute atomic E-state index is 14.3. The van der Waals surface area contributed by atoms with Gasteiger partial charge >= 0.3 is 6.03 Å². The fraction of sp³-hybridized carbons (Fsp3) is 0.415. The van der Waals surface area contributed by atoms with Gasteiger partial charge in [-0.2, -0.15) is 4.31 Å². The molecule has 0 radical (unpaired) electrons. The van der Waals surface area contributed by atoms with Crippen molar-refractivity contribution < 1.29 is 33.0 Å². The van der Waals surface area contributed by atoms with E-state index in [0.29, 0.717) is 19.6 Å². The lowest BCUT2D eigenvalue weighted by atomic mass is 9.97. The molecule has 56 heavy (non-hydrogen) atoms. The molecule has 1 aliphatic rings. The van der Waals surface area contributed by atoms with Crippen LogP contribution in [0.1, 0.15) is 49.5 Å². The fourth-order valence-corrected chi connectivity index (χ4v) is 9.07. The molecule has 0 spiro atoms. The molecule has 1 aromatic heterocycles. The van der Waals surface area contributed by atoms with Crippen molar-refractivity contribution in [1.82, 2.24) is 24.4 Å². The Morgan fingerprint density at radius 1 is 0.946 bits per heavy atom. The number of aromatic hydroxyl groups is 1. The van der Waals surface area contributed by atoms with E-state index in [4.69, 9.17) is 0 Å². The zero-order valence-electron chi connectivity index (χ0n) is 32.5. The van der Waals surface area contributed by atoms with Gasteiger partial charge in [0.05, 0.1) is 46.4 Å². The summed E-state index contributed by atoms with van der Waals surface area (Å²) in [5.74, 6) is -1.61. The number of rotatable bonds is 18. The number of urea groups is 1. The number of aliphatic hydroxyl groups is 1. The van der Waals surface area contributed by atoms with E-state index in [1.165, 1.54) is 29.5 Å². The number of sulfonamides is 1. The Balaban J connectivity index is 1.36. The molecule has 0 saturated carbocycles. The van der Waals surface area contributed by atoms with E-state index in [-0.39, 0.29) is 60.1 Å². The summed E-state index contributed by atoms with van der Waals surface area (Å²) < 4.78 is 29.8. The van der Waals surface area contributed by atoms with Crippen molar-refractivity contribution in [1.29, 1.82) is 0 Å². The minimum Gasteiger partial charge on any atom is -0.506 e. The number of aliphatic hydroxyl groups excluding tert-OH is 1. The van der Waals surface area contributed by atoms with Gasteiger partial charge in [0, 0.05) is 31.6 Å². The van der Waals surface area contributed by atoms with E-state index in [0.717, 1.165) is 26.1 Å². The Morgan fingerprint density at radius 2 is 1.61 bits per heavy atom. The number of thiazole rings is 1. The maximum Gasteiger partial charge on any atom is 0.321 e. The van der Waals surface area contributed by atoms with Crippen molar-refractivity contribution in [3.63, 3.8) is 0 Å². The number of carbonyl (C=O) groups is 3. The number of nitrogens with zero attached hydrogens (tertiary/aromatic N) is 4. The molecule has 15 heteroatoms. The first-order valence-electron chi connectivity index (χ1n) is 18.8. The number of hydrogen-bond donors (Lipinski definition) is 4. The number of anilines is 1. The highest BCUT2D eigenvalue weighted by molar-refractivity contribution is 7.89. The van der Waals surface area contributed by atoms with Gasteiger partial charge in [-0.1, -0.05) is 88.4 Å². The molecular formula is C41H52N6O7S2. The summed E-state index contributed by atoms with van der Waals surface area (Å²) in [7, 11) is -4.31. The van der Waals surface area contributed by atoms with Crippen molar-refractivity contribution in [3.8, 4) is 5.75 Å². The molecule has 5 rings (SSSR count). The second-order valence-electron chi connectivity index (χ2n) is 14.9. The average molecular weight is 805 g/mol. The third-order valence-electron chi connectivity index (χ3n) is 9.52. The van der Waals surface area contributed by atoms with Gasteiger partial charge in [0.2, 0.25) is 21.8 Å². The first-order valence-corrected chi connectivity index (χ1v) is 21.1. The van der Waals surface area contributed by atoms with Crippen LogP contribution in [0.2, 0.25) is 0 Å². The molecule has 4 aromatic rings. The Kier molecular flexibility index (Phi) is 14.3. The first kappa shape index (κ1) is 42.3. The first-order chi connectivity index (χ1) is 26.6. The Labute approximate surface area is 333 Å². The minimum atomic E-state index is -4.31. The zero-order chi connectivity index (χ0) is 40.6. The zero-order valence-corrected chi connectivity index (χ0v) is 34.1. The predicted molar refractivity (Wildman–Crippen MR) is 217 cm³/mol. The van der Waals surface area contributed by atoms with E-state index in [2.05, 4.69) is 15.6 Å². The lowest BCUT2D eigenvalue weighted by Gasteiger charge is -2.34. The third kappa shape index (κ3) is 10.9. The Hall–Kier alpha value is -4.83. The maximum atomic E-state index is 14.3. The van der Waals surface area contributed by atoms with Crippen LogP contribution in [0.5, 0.6) is 5.75 Å². The normalized spacial score (nSPS) is 15.1. The monoisotopic (exact) mass is 804 g/mol. The van der Waals surface area contributed by atoms with Gasteiger partial charge in [-0.05, 0) is 54.5 Å². The van der Waals surface area contributed by atoms with Crippen LogP contribution in [0, 0.1) is 18.8 Å². The minimum absolute atomic E-state index is 0.0194. The van der Waals surface area contributed by atoms with E-state index >= 15 is 0 Å². The summed E-state index contributed by atoms with van der Waals surface area (Å²) >= 11 is 1.51. The highest BCUT2D eigenvalue weighted by Gasteiger charge is 2.40. The third-order valence-corrected chi connectivity index (χ3v) is 12.2. The number of nitrogens with one attached hydrogen (secondary N) is 2. The van der Waals surface area contributed by atoms with E-state index in [1.54, 1.807) is 34.1 Å². The molecule has 0 aliphatic carbocycles. The van der Waals surface area contributed by atoms with Crippen molar-refractivity contribution in [2.24, 2.45) is 11.8 Å². The molecule has 13 nitrogen and oxygen atoms in total. The average Bonchev–Trinajstić information content (AvgIpc) is 3.72. The van der Waals surface area contributed by atoms with Crippen LogP contribution in [0.4, 0.5) is 10.5 Å². The molecule has 0 unspecified atom stereocenters. The Morgan fingerprint density at radius 3 is 2.21 bits per heavy atom. The fourth-order valence-electron chi connectivity index (χ4n) is 6.82. The Bertz CT molecular complexity index is 2060. The number of hydrogen-bond acceptors (Lipinski definition) is 9. The highest BCUT2D eigenvalue weighted by atomic mass is 32.2. The van der Waals surface area contributed by atoms with E-state index in [1.807, 2.05) is 76.4 Å². The molecule has 3 aromatic carbocycles. The molecule has 300 valence electrons. The van der Waals surface area contributed by atoms with Crippen molar-refractivity contribution in [3.05, 3.63) is 106 Å². The lowest BCUT2D eigenvalue weighted by Crippen LogP contribution is -2.57. The quantitative estimate of drug-likeness (QED) is 0.101. The smallest absolute Gasteiger partial charge is 0.321 e. The molecule has 0 bridgehead atoms.